The van der Waals surface area contributed by atoms with Crippen molar-refractivity contribution >= 4 is 29.9 Å². The first kappa shape index (κ1) is 20.8. The van der Waals surface area contributed by atoms with E-state index in [0.717, 1.165) is 23.9 Å². The zero-order valence-corrected chi connectivity index (χ0v) is 16.4. The molecule has 5 nitrogen and oxygen atoms in total. The molecule has 1 aromatic rings. The normalized spacial score (nSPS) is 13.6. The molecule has 6 heteroatoms. The first-order valence-corrected chi connectivity index (χ1v) is 7.36. The van der Waals surface area contributed by atoms with E-state index in [1.54, 1.807) is 14.2 Å². The quantitative estimate of drug-likeness (QED) is 0.404. The molecular formula is C16H28IN3O2. The van der Waals surface area contributed by atoms with Crippen molar-refractivity contribution in [3.8, 4) is 11.5 Å². The molecule has 126 valence electrons. The van der Waals surface area contributed by atoms with Gasteiger partial charge in [-0.2, -0.15) is 0 Å². The number of rotatable bonds is 7. The molecule has 0 heterocycles. The third kappa shape index (κ3) is 7.72. The molecule has 0 fully saturated rings. The Morgan fingerprint density at radius 2 is 1.77 bits per heavy atom. The van der Waals surface area contributed by atoms with Crippen molar-refractivity contribution < 1.29 is 9.47 Å². The maximum absolute atomic E-state index is 5.84. The van der Waals surface area contributed by atoms with E-state index in [-0.39, 0.29) is 30.1 Å². The molecule has 0 aromatic heterocycles. The number of ether oxygens (including phenoxy) is 2. The molecule has 0 aliphatic rings. The first-order valence-electron chi connectivity index (χ1n) is 7.36. The van der Waals surface area contributed by atoms with Gasteiger partial charge in [-0.1, -0.05) is 6.92 Å². The van der Waals surface area contributed by atoms with E-state index >= 15 is 0 Å². The Kier molecular flexibility index (Phi) is 10.8. The van der Waals surface area contributed by atoms with Crippen molar-refractivity contribution in [2.24, 2.45) is 4.99 Å². The molecule has 0 radical (unpaired) electrons. The number of nitrogens with one attached hydrogen (secondary N) is 2. The Morgan fingerprint density at radius 3 is 2.27 bits per heavy atom. The van der Waals surface area contributed by atoms with E-state index in [1.165, 1.54) is 0 Å². The highest BCUT2D eigenvalue weighted by Gasteiger charge is 2.07. The molecule has 2 N–H and O–H groups in total. The number of hydrogen-bond donors (Lipinski definition) is 2. The average molecular weight is 421 g/mol. The van der Waals surface area contributed by atoms with E-state index < -0.39 is 0 Å². The lowest BCUT2D eigenvalue weighted by atomic mass is 10.3. The number of methoxy groups -OCH3 is 1. The van der Waals surface area contributed by atoms with Crippen LogP contribution < -0.4 is 20.1 Å². The van der Waals surface area contributed by atoms with Crippen LogP contribution in [-0.2, 0) is 0 Å². The molecule has 0 aliphatic carbocycles. The molecule has 0 saturated carbocycles. The lowest BCUT2D eigenvalue weighted by molar-refractivity contribution is 0.223. The minimum absolute atomic E-state index is 0. The van der Waals surface area contributed by atoms with Gasteiger partial charge >= 0.3 is 0 Å². The second-order valence-corrected chi connectivity index (χ2v) is 5.01. The van der Waals surface area contributed by atoms with E-state index in [1.807, 2.05) is 31.2 Å². The summed E-state index contributed by atoms with van der Waals surface area (Å²) >= 11 is 0. The summed E-state index contributed by atoms with van der Waals surface area (Å²) in [4.78, 5) is 4.20. The van der Waals surface area contributed by atoms with Gasteiger partial charge < -0.3 is 20.1 Å². The van der Waals surface area contributed by atoms with Crippen LogP contribution in [0.4, 0.5) is 0 Å². The van der Waals surface area contributed by atoms with Crippen LogP contribution in [0.3, 0.4) is 0 Å². The monoisotopic (exact) mass is 421 g/mol. The SMILES string of the molecule is CCC(C)NC(=NC)NCC(C)Oc1ccc(OC)cc1.I. The van der Waals surface area contributed by atoms with Gasteiger partial charge in [-0.25, -0.2) is 0 Å². The second kappa shape index (κ2) is 11.4. The fraction of sp³-hybridized carbons (Fsp3) is 0.562. The van der Waals surface area contributed by atoms with Crippen LogP contribution in [0.1, 0.15) is 27.2 Å². The summed E-state index contributed by atoms with van der Waals surface area (Å²) in [5.74, 6) is 2.45. The highest BCUT2D eigenvalue weighted by molar-refractivity contribution is 14.0. The van der Waals surface area contributed by atoms with Crippen molar-refractivity contribution in [1.29, 1.82) is 0 Å². The lowest BCUT2D eigenvalue weighted by Gasteiger charge is -2.20. The van der Waals surface area contributed by atoms with Crippen molar-refractivity contribution in [2.45, 2.75) is 39.3 Å². The van der Waals surface area contributed by atoms with Crippen LogP contribution in [0.15, 0.2) is 29.3 Å². The van der Waals surface area contributed by atoms with Gasteiger partial charge in [0.05, 0.1) is 13.7 Å². The summed E-state index contributed by atoms with van der Waals surface area (Å²) in [6.45, 7) is 6.97. The zero-order valence-electron chi connectivity index (χ0n) is 14.1. The van der Waals surface area contributed by atoms with Gasteiger partial charge in [-0.05, 0) is 44.5 Å². The minimum atomic E-state index is 0. The summed E-state index contributed by atoms with van der Waals surface area (Å²) < 4.78 is 11.0. The van der Waals surface area contributed by atoms with Crippen LogP contribution in [0.25, 0.3) is 0 Å². The maximum Gasteiger partial charge on any atom is 0.191 e. The molecule has 0 amide bonds. The number of guanidine groups is 1. The van der Waals surface area contributed by atoms with Crippen molar-refractivity contribution in [1.82, 2.24) is 10.6 Å². The predicted octanol–water partition coefficient (Wildman–Crippen LogP) is 3.04. The largest absolute Gasteiger partial charge is 0.497 e. The zero-order chi connectivity index (χ0) is 15.7. The van der Waals surface area contributed by atoms with E-state index in [2.05, 4.69) is 29.5 Å². The molecule has 22 heavy (non-hydrogen) atoms. The van der Waals surface area contributed by atoms with Gasteiger partial charge in [-0.3, -0.25) is 4.99 Å². The molecule has 0 spiro atoms. The second-order valence-electron chi connectivity index (χ2n) is 5.01. The van der Waals surface area contributed by atoms with E-state index in [4.69, 9.17) is 9.47 Å². The van der Waals surface area contributed by atoms with Crippen molar-refractivity contribution in [3.05, 3.63) is 24.3 Å². The smallest absolute Gasteiger partial charge is 0.191 e. The molecular weight excluding hydrogens is 393 g/mol. The number of nitrogens with zero attached hydrogens (tertiary/aromatic N) is 1. The fourth-order valence-corrected chi connectivity index (χ4v) is 1.70. The van der Waals surface area contributed by atoms with Crippen LogP contribution in [-0.4, -0.2) is 38.8 Å². The third-order valence-electron chi connectivity index (χ3n) is 3.17. The van der Waals surface area contributed by atoms with Crippen LogP contribution in [0, 0.1) is 0 Å². The standard InChI is InChI=1S/C16H27N3O2.HI/c1-6-12(2)19-16(17-4)18-11-13(3)21-15-9-7-14(20-5)8-10-15;/h7-10,12-13H,6,11H2,1-5H3,(H2,17,18,19);1H. The van der Waals surface area contributed by atoms with Crippen LogP contribution >= 0.6 is 24.0 Å². The summed E-state index contributed by atoms with van der Waals surface area (Å²) in [7, 11) is 3.42. The van der Waals surface area contributed by atoms with Gasteiger partial charge in [-0.15, -0.1) is 24.0 Å². The molecule has 2 unspecified atom stereocenters. The van der Waals surface area contributed by atoms with Gasteiger partial charge in [0.2, 0.25) is 0 Å². The number of benzene rings is 1. The van der Waals surface area contributed by atoms with Gasteiger partial charge in [0.15, 0.2) is 5.96 Å². The van der Waals surface area contributed by atoms with Gasteiger partial charge in [0.25, 0.3) is 0 Å². The van der Waals surface area contributed by atoms with Gasteiger partial charge in [0, 0.05) is 13.1 Å². The number of halogens is 1. The Balaban J connectivity index is 0.00000441. The summed E-state index contributed by atoms with van der Waals surface area (Å²) in [6.07, 6.45) is 1.09. The fourth-order valence-electron chi connectivity index (χ4n) is 1.70. The summed E-state index contributed by atoms with van der Waals surface area (Å²) in [6, 6.07) is 7.98. The third-order valence-corrected chi connectivity index (χ3v) is 3.17. The summed E-state index contributed by atoms with van der Waals surface area (Å²) in [5, 5.41) is 6.58. The van der Waals surface area contributed by atoms with Crippen molar-refractivity contribution in [3.63, 3.8) is 0 Å². The molecule has 1 aromatic carbocycles. The molecule has 0 saturated heterocycles. The Labute approximate surface area is 150 Å². The van der Waals surface area contributed by atoms with Crippen molar-refractivity contribution in [2.75, 3.05) is 20.7 Å². The topological polar surface area (TPSA) is 54.9 Å². The lowest BCUT2D eigenvalue weighted by Crippen LogP contribution is -2.45. The molecule has 0 bridgehead atoms. The minimum Gasteiger partial charge on any atom is -0.497 e. The Bertz CT molecular complexity index is 438. The maximum atomic E-state index is 5.84. The Hall–Kier alpha value is -1.18. The van der Waals surface area contributed by atoms with Gasteiger partial charge in [0.1, 0.15) is 17.6 Å². The highest BCUT2D eigenvalue weighted by Crippen LogP contribution is 2.17. The highest BCUT2D eigenvalue weighted by atomic mass is 127. The Morgan fingerprint density at radius 1 is 1.18 bits per heavy atom. The predicted molar refractivity (Wildman–Crippen MR) is 103 cm³/mol. The van der Waals surface area contributed by atoms with Crippen LogP contribution in [0.5, 0.6) is 11.5 Å². The number of hydrogen-bond acceptors (Lipinski definition) is 3. The average Bonchev–Trinajstić information content (AvgIpc) is 2.51. The molecule has 1 rings (SSSR count). The van der Waals surface area contributed by atoms with Crippen LogP contribution in [0.2, 0.25) is 0 Å². The molecule has 0 aliphatic heterocycles. The molecule has 2 atom stereocenters. The number of aliphatic imine (C=N–C) groups is 1. The summed E-state index contributed by atoms with van der Waals surface area (Å²) in [5.41, 5.74) is 0. The first-order chi connectivity index (χ1) is 10.1. The van der Waals surface area contributed by atoms with E-state index in [0.29, 0.717) is 12.6 Å². The van der Waals surface area contributed by atoms with E-state index in [9.17, 15) is 0 Å².